The van der Waals surface area contributed by atoms with Gasteiger partial charge in [-0.1, -0.05) is 6.07 Å². The molecule has 2 rings (SSSR count). The number of thiophene rings is 1. The van der Waals surface area contributed by atoms with Crippen molar-refractivity contribution < 1.29 is 4.79 Å². The predicted octanol–water partition coefficient (Wildman–Crippen LogP) is 2.47. The normalized spacial score (nSPS) is 14.2. The lowest BCUT2D eigenvalue weighted by molar-refractivity contribution is -0.130. The van der Waals surface area contributed by atoms with Gasteiger partial charge in [0.25, 0.3) is 0 Å². The highest BCUT2D eigenvalue weighted by Crippen LogP contribution is 2.29. The molecule has 1 aromatic heterocycles. The van der Waals surface area contributed by atoms with Crippen molar-refractivity contribution in [1.82, 2.24) is 9.80 Å². The van der Waals surface area contributed by atoms with Gasteiger partial charge in [0.05, 0.1) is 12.5 Å². The van der Waals surface area contributed by atoms with Gasteiger partial charge in [0.2, 0.25) is 5.91 Å². The molecule has 1 heterocycles. The lowest BCUT2D eigenvalue weighted by Crippen LogP contribution is -2.33. The zero-order chi connectivity index (χ0) is 14.4. The smallest absolute Gasteiger partial charge is 0.223 e. The van der Waals surface area contributed by atoms with Crippen molar-refractivity contribution in [3.63, 3.8) is 0 Å². The molecular weight excluding hydrogens is 270 g/mol. The molecule has 1 aliphatic rings. The number of carbonyl (C=O) groups excluding carboxylic acids is 1. The van der Waals surface area contributed by atoms with Crippen LogP contribution in [0.3, 0.4) is 0 Å². The first-order chi connectivity index (χ1) is 9.70. The molecule has 0 N–H and O–H groups in total. The van der Waals surface area contributed by atoms with Gasteiger partial charge >= 0.3 is 0 Å². The van der Waals surface area contributed by atoms with Crippen LogP contribution < -0.4 is 0 Å². The Hall–Kier alpha value is -1.38. The lowest BCUT2D eigenvalue weighted by Gasteiger charge is -2.22. The third-order valence-corrected chi connectivity index (χ3v) is 4.46. The quantitative estimate of drug-likeness (QED) is 0.739. The summed E-state index contributed by atoms with van der Waals surface area (Å²) in [6.45, 7) is 2.31. The van der Waals surface area contributed by atoms with Crippen LogP contribution in [0.2, 0.25) is 0 Å². The summed E-state index contributed by atoms with van der Waals surface area (Å²) in [5, 5.41) is 10.6. The predicted molar refractivity (Wildman–Crippen MR) is 80.2 cm³/mol. The van der Waals surface area contributed by atoms with Crippen molar-refractivity contribution in [3.05, 3.63) is 22.4 Å². The van der Waals surface area contributed by atoms with Crippen molar-refractivity contribution in [3.8, 4) is 6.07 Å². The van der Waals surface area contributed by atoms with Crippen molar-refractivity contribution in [2.45, 2.75) is 38.3 Å². The number of hydrogen-bond acceptors (Lipinski definition) is 4. The van der Waals surface area contributed by atoms with Gasteiger partial charge in [-0.2, -0.15) is 5.26 Å². The molecule has 0 aliphatic heterocycles. The van der Waals surface area contributed by atoms with Crippen molar-refractivity contribution >= 4 is 17.2 Å². The zero-order valence-corrected chi connectivity index (χ0v) is 12.7. The maximum Gasteiger partial charge on any atom is 0.223 e. The number of nitriles is 1. The second-order valence-corrected chi connectivity index (χ2v) is 6.29. The van der Waals surface area contributed by atoms with Crippen LogP contribution >= 0.6 is 11.3 Å². The van der Waals surface area contributed by atoms with E-state index in [0.29, 0.717) is 25.4 Å². The van der Waals surface area contributed by atoms with Crippen molar-refractivity contribution in [1.29, 1.82) is 5.26 Å². The summed E-state index contributed by atoms with van der Waals surface area (Å²) < 4.78 is 0. The van der Waals surface area contributed by atoms with Gasteiger partial charge in [-0.25, -0.2) is 0 Å². The summed E-state index contributed by atoms with van der Waals surface area (Å²) in [5.74, 6) is 0.136. The van der Waals surface area contributed by atoms with E-state index in [0.717, 1.165) is 13.1 Å². The fraction of sp³-hybridized carbons (Fsp3) is 0.600. The molecule has 5 heteroatoms. The SMILES string of the molecule is CN(CCC#N)C(=O)CCN(Cc1cccs1)C1CC1. The van der Waals surface area contributed by atoms with E-state index in [2.05, 4.69) is 28.5 Å². The third-order valence-electron chi connectivity index (χ3n) is 3.60. The standard InChI is InChI=1S/C15H21N3OS/c1-17(9-3-8-16)15(19)7-10-18(13-5-6-13)12-14-4-2-11-20-14/h2,4,11,13H,3,5-7,9-10,12H2,1H3. The second-order valence-electron chi connectivity index (χ2n) is 5.25. The summed E-state index contributed by atoms with van der Waals surface area (Å²) in [5.41, 5.74) is 0. The van der Waals surface area contributed by atoms with Crippen LogP contribution in [0.5, 0.6) is 0 Å². The first-order valence-electron chi connectivity index (χ1n) is 7.08. The molecule has 0 aromatic carbocycles. The molecule has 1 fully saturated rings. The van der Waals surface area contributed by atoms with Crippen molar-refractivity contribution in [2.24, 2.45) is 0 Å². The van der Waals surface area contributed by atoms with E-state index in [1.54, 1.807) is 23.3 Å². The van der Waals surface area contributed by atoms with Gasteiger partial charge in [-0.05, 0) is 24.3 Å². The average molecular weight is 291 g/mol. The summed E-state index contributed by atoms with van der Waals surface area (Å²) in [7, 11) is 1.78. The molecule has 20 heavy (non-hydrogen) atoms. The first-order valence-corrected chi connectivity index (χ1v) is 7.96. The largest absolute Gasteiger partial charge is 0.345 e. The first kappa shape index (κ1) is 15.0. The van der Waals surface area contributed by atoms with Crippen LogP contribution in [0.25, 0.3) is 0 Å². The van der Waals surface area contributed by atoms with Crippen LogP contribution in [0.1, 0.15) is 30.6 Å². The highest BCUT2D eigenvalue weighted by atomic mass is 32.1. The van der Waals surface area contributed by atoms with Crippen LogP contribution in [0.15, 0.2) is 17.5 Å². The number of nitrogens with zero attached hydrogens (tertiary/aromatic N) is 3. The molecule has 1 aliphatic carbocycles. The van der Waals surface area contributed by atoms with Crippen LogP contribution in [-0.4, -0.2) is 41.9 Å². The topological polar surface area (TPSA) is 47.3 Å². The molecule has 1 amide bonds. The maximum atomic E-state index is 12.0. The number of carbonyl (C=O) groups is 1. The molecule has 0 atom stereocenters. The summed E-state index contributed by atoms with van der Waals surface area (Å²) in [6, 6.07) is 6.96. The molecular formula is C15H21N3OS. The van der Waals surface area contributed by atoms with Crippen LogP contribution in [0, 0.1) is 11.3 Å². The maximum absolute atomic E-state index is 12.0. The zero-order valence-electron chi connectivity index (χ0n) is 11.9. The molecule has 1 aromatic rings. The van der Waals surface area contributed by atoms with Gasteiger partial charge in [0, 0.05) is 44.0 Å². The van der Waals surface area contributed by atoms with Gasteiger partial charge in [-0.3, -0.25) is 9.69 Å². The van der Waals surface area contributed by atoms with E-state index in [1.807, 2.05) is 0 Å². The molecule has 0 saturated heterocycles. The Bertz CT molecular complexity index is 462. The molecule has 0 bridgehead atoms. The van der Waals surface area contributed by atoms with Crippen molar-refractivity contribution in [2.75, 3.05) is 20.1 Å². The number of amides is 1. The Morgan fingerprint density at radius 1 is 1.50 bits per heavy atom. The van der Waals surface area contributed by atoms with E-state index in [-0.39, 0.29) is 5.91 Å². The molecule has 0 radical (unpaired) electrons. The van der Waals surface area contributed by atoms with Gasteiger partial charge in [-0.15, -0.1) is 11.3 Å². The monoisotopic (exact) mass is 291 g/mol. The molecule has 0 spiro atoms. The van der Waals surface area contributed by atoms with E-state index >= 15 is 0 Å². The average Bonchev–Trinajstić information content (AvgIpc) is 3.17. The summed E-state index contributed by atoms with van der Waals surface area (Å²) >= 11 is 1.78. The van der Waals surface area contributed by atoms with Gasteiger partial charge in [0.15, 0.2) is 0 Å². The third kappa shape index (κ3) is 4.62. The highest BCUT2D eigenvalue weighted by Gasteiger charge is 2.29. The second kappa shape index (κ2) is 7.41. The summed E-state index contributed by atoms with van der Waals surface area (Å²) in [4.78, 5) is 17.4. The molecule has 4 nitrogen and oxygen atoms in total. The van der Waals surface area contributed by atoms with Crippen LogP contribution in [-0.2, 0) is 11.3 Å². The Morgan fingerprint density at radius 3 is 2.90 bits per heavy atom. The molecule has 1 saturated carbocycles. The van der Waals surface area contributed by atoms with E-state index in [9.17, 15) is 4.79 Å². The minimum Gasteiger partial charge on any atom is -0.345 e. The fourth-order valence-electron chi connectivity index (χ4n) is 2.21. The minimum absolute atomic E-state index is 0.136. The summed E-state index contributed by atoms with van der Waals surface area (Å²) in [6.07, 6.45) is 3.46. The highest BCUT2D eigenvalue weighted by molar-refractivity contribution is 7.09. The Balaban J connectivity index is 1.77. The molecule has 108 valence electrons. The fourth-order valence-corrected chi connectivity index (χ4v) is 2.94. The van der Waals surface area contributed by atoms with E-state index in [1.165, 1.54) is 17.7 Å². The van der Waals surface area contributed by atoms with E-state index in [4.69, 9.17) is 5.26 Å². The van der Waals surface area contributed by atoms with Gasteiger partial charge in [0.1, 0.15) is 0 Å². The molecule has 0 unspecified atom stereocenters. The Labute approximate surface area is 124 Å². The van der Waals surface area contributed by atoms with E-state index < -0.39 is 0 Å². The minimum atomic E-state index is 0.136. The number of rotatable bonds is 8. The van der Waals surface area contributed by atoms with Gasteiger partial charge < -0.3 is 4.90 Å². The lowest BCUT2D eigenvalue weighted by atomic mass is 10.3. The van der Waals surface area contributed by atoms with Crippen LogP contribution in [0.4, 0.5) is 0 Å². The number of hydrogen-bond donors (Lipinski definition) is 0. The Kier molecular flexibility index (Phi) is 5.57. The Morgan fingerprint density at radius 2 is 2.30 bits per heavy atom.